The SMILES string of the molecule is CCc1cc(OC)c(O)cc1OCCCCCC(C)(C)c1nnn[n-]1. The van der Waals surface area contributed by atoms with Crippen molar-refractivity contribution in [3.8, 4) is 17.2 Å². The molecular formula is C18H27N4O3-. The van der Waals surface area contributed by atoms with Gasteiger partial charge in [0.05, 0.1) is 13.7 Å². The molecule has 0 spiro atoms. The van der Waals surface area contributed by atoms with Gasteiger partial charge in [0.15, 0.2) is 11.5 Å². The molecule has 0 aliphatic heterocycles. The van der Waals surface area contributed by atoms with E-state index in [0.717, 1.165) is 43.4 Å². The number of aromatic hydroxyl groups is 1. The first kappa shape index (κ1) is 19.0. The average molecular weight is 347 g/mol. The van der Waals surface area contributed by atoms with E-state index in [1.807, 2.05) is 6.07 Å². The zero-order valence-electron chi connectivity index (χ0n) is 15.4. The number of methoxy groups -OCH3 is 1. The van der Waals surface area contributed by atoms with Gasteiger partial charge in [0.25, 0.3) is 0 Å². The number of hydrogen-bond acceptors (Lipinski definition) is 6. The Morgan fingerprint density at radius 1 is 1.16 bits per heavy atom. The van der Waals surface area contributed by atoms with E-state index in [4.69, 9.17) is 9.47 Å². The smallest absolute Gasteiger partial charge is 0.161 e. The Balaban J connectivity index is 1.75. The van der Waals surface area contributed by atoms with Crippen LogP contribution in [0.15, 0.2) is 12.1 Å². The van der Waals surface area contributed by atoms with Crippen LogP contribution < -0.4 is 14.6 Å². The molecule has 0 saturated heterocycles. The summed E-state index contributed by atoms with van der Waals surface area (Å²) in [6, 6.07) is 3.46. The predicted molar refractivity (Wildman–Crippen MR) is 94.2 cm³/mol. The van der Waals surface area contributed by atoms with Gasteiger partial charge in [-0.3, -0.25) is 10.3 Å². The maximum absolute atomic E-state index is 9.91. The number of aryl methyl sites for hydroxylation is 1. The van der Waals surface area contributed by atoms with Crippen molar-refractivity contribution in [1.82, 2.24) is 20.6 Å². The van der Waals surface area contributed by atoms with Crippen molar-refractivity contribution in [2.45, 2.75) is 58.3 Å². The molecule has 1 heterocycles. The quantitative estimate of drug-likeness (QED) is 0.660. The van der Waals surface area contributed by atoms with Crippen molar-refractivity contribution in [2.75, 3.05) is 13.7 Å². The van der Waals surface area contributed by atoms with Gasteiger partial charge in [-0.1, -0.05) is 33.6 Å². The summed E-state index contributed by atoms with van der Waals surface area (Å²) in [4.78, 5) is 0. The molecule has 0 radical (unpaired) electrons. The molecule has 0 amide bonds. The molecule has 1 aromatic carbocycles. The third-order valence-electron chi connectivity index (χ3n) is 4.37. The number of phenols is 1. The average Bonchev–Trinajstić information content (AvgIpc) is 3.13. The summed E-state index contributed by atoms with van der Waals surface area (Å²) in [5.41, 5.74) is 0.922. The van der Waals surface area contributed by atoms with E-state index >= 15 is 0 Å². The Morgan fingerprint density at radius 3 is 2.60 bits per heavy atom. The molecule has 0 fully saturated rings. The van der Waals surface area contributed by atoms with Gasteiger partial charge in [0.1, 0.15) is 5.75 Å². The standard InChI is InChI=1S/C18H27N4O3/c1-5-13-11-16(24-4)14(23)12-15(13)25-10-8-6-7-9-18(2,3)17-19-21-22-20-17/h11-12H,5-10H2,1-4H3,(H-,19,20,21,22,23)/q-1. The number of tetrazole rings is 1. The molecule has 25 heavy (non-hydrogen) atoms. The van der Waals surface area contributed by atoms with E-state index in [1.165, 1.54) is 0 Å². The van der Waals surface area contributed by atoms with Crippen molar-refractivity contribution in [2.24, 2.45) is 0 Å². The third-order valence-corrected chi connectivity index (χ3v) is 4.37. The maximum atomic E-state index is 9.91. The molecule has 0 unspecified atom stereocenters. The number of nitrogens with zero attached hydrogens (tertiary/aromatic N) is 4. The second-order valence-corrected chi connectivity index (χ2v) is 6.73. The Morgan fingerprint density at radius 2 is 1.96 bits per heavy atom. The molecule has 2 rings (SSSR count). The first-order chi connectivity index (χ1) is 12.0. The lowest BCUT2D eigenvalue weighted by atomic mass is 9.86. The summed E-state index contributed by atoms with van der Waals surface area (Å²) in [6.45, 7) is 6.89. The van der Waals surface area contributed by atoms with Crippen LogP contribution in [-0.2, 0) is 11.8 Å². The van der Waals surface area contributed by atoms with Crippen LogP contribution in [0.3, 0.4) is 0 Å². The molecule has 138 valence electrons. The van der Waals surface area contributed by atoms with Crippen molar-refractivity contribution < 1.29 is 14.6 Å². The Hall–Kier alpha value is -2.31. The number of unbranched alkanes of at least 4 members (excludes halogenated alkanes) is 2. The minimum absolute atomic E-state index is 0.105. The topological polar surface area (TPSA) is 91.5 Å². The summed E-state index contributed by atoms with van der Waals surface area (Å²) in [5, 5.41) is 24.9. The lowest BCUT2D eigenvalue weighted by Crippen LogP contribution is -2.20. The molecular weight excluding hydrogens is 320 g/mol. The molecule has 0 aliphatic rings. The molecule has 0 atom stereocenters. The van der Waals surface area contributed by atoms with E-state index in [0.29, 0.717) is 18.2 Å². The van der Waals surface area contributed by atoms with Crippen molar-refractivity contribution in [3.05, 3.63) is 23.5 Å². The van der Waals surface area contributed by atoms with Crippen LogP contribution >= 0.6 is 0 Å². The normalized spacial score (nSPS) is 11.5. The third kappa shape index (κ3) is 5.08. The maximum Gasteiger partial charge on any atom is 0.161 e. The summed E-state index contributed by atoms with van der Waals surface area (Å²) >= 11 is 0. The molecule has 0 aliphatic carbocycles. The first-order valence-electron chi connectivity index (χ1n) is 8.69. The molecule has 7 nitrogen and oxygen atoms in total. The fraction of sp³-hybridized carbons (Fsp3) is 0.611. The van der Waals surface area contributed by atoms with E-state index in [2.05, 4.69) is 41.4 Å². The molecule has 0 saturated carbocycles. The summed E-state index contributed by atoms with van der Waals surface area (Å²) < 4.78 is 11.0. The monoisotopic (exact) mass is 347 g/mol. The fourth-order valence-corrected chi connectivity index (χ4v) is 2.72. The lowest BCUT2D eigenvalue weighted by molar-refractivity contribution is 0.294. The van der Waals surface area contributed by atoms with E-state index in [-0.39, 0.29) is 11.2 Å². The number of phenolic OH excluding ortho intramolecular Hbond substituents is 1. The second-order valence-electron chi connectivity index (χ2n) is 6.73. The number of hydrogen-bond donors (Lipinski definition) is 1. The highest BCUT2D eigenvalue weighted by atomic mass is 16.5. The number of aromatic nitrogens is 4. The van der Waals surface area contributed by atoms with Gasteiger partial charge >= 0.3 is 0 Å². The molecule has 1 aromatic heterocycles. The highest BCUT2D eigenvalue weighted by Crippen LogP contribution is 2.34. The minimum atomic E-state index is -0.110. The first-order valence-corrected chi connectivity index (χ1v) is 8.69. The molecule has 7 heteroatoms. The zero-order chi connectivity index (χ0) is 18.3. The summed E-state index contributed by atoms with van der Waals surface area (Å²) in [7, 11) is 1.54. The molecule has 0 bridgehead atoms. The molecule has 2 aromatic rings. The zero-order valence-corrected chi connectivity index (χ0v) is 15.4. The van der Waals surface area contributed by atoms with Gasteiger partial charge in [-0.25, -0.2) is 0 Å². The number of benzene rings is 1. The largest absolute Gasteiger partial charge is 0.504 e. The van der Waals surface area contributed by atoms with Gasteiger partial charge in [0, 0.05) is 11.9 Å². The Kier molecular flexibility index (Phi) is 6.61. The summed E-state index contributed by atoms with van der Waals surface area (Å²) in [6.07, 6.45) is 4.85. The fourth-order valence-electron chi connectivity index (χ4n) is 2.72. The van der Waals surface area contributed by atoms with E-state index in [1.54, 1.807) is 13.2 Å². The Bertz CT molecular complexity index is 657. The van der Waals surface area contributed by atoms with Crippen LogP contribution in [0, 0.1) is 0 Å². The predicted octanol–water partition coefficient (Wildman–Crippen LogP) is 3.02. The van der Waals surface area contributed by atoms with Crippen LogP contribution in [-0.4, -0.2) is 34.3 Å². The highest BCUT2D eigenvalue weighted by Gasteiger charge is 2.19. The highest BCUT2D eigenvalue weighted by molar-refractivity contribution is 5.49. The van der Waals surface area contributed by atoms with Crippen LogP contribution in [0.2, 0.25) is 0 Å². The van der Waals surface area contributed by atoms with Crippen LogP contribution in [0.1, 0.15) is 57.8 Å². The van der Waals surface area contributed by atoms with Gasteiger partial charge < -0.3 is 19.7 Å². The van der Waals surface area contributed by atoms with Gasteiger partial charge in [0.2, 0.25) is 0 Å². The van der Waals surface area contributed by atoms with Crippen molar-refractivity contribution in [1.29, 1.82) is 0 Å². The van der Waals surface area contributed by atoms with Gasteiger partial charge in [-0.15, -0.1) is 0 Å². The van der Waals surface area contributed by atoms with Crippen LogP contribution in [0.5, 0.6) is 17.2 Å². The second kappa shape index (κ2) is 8.69. The lowest BCUT2D eigenvalue weighted by Gasteiger charge is -2.24. The Labute approximate surface area is 148 Å². The van der Waals surface area contributed by atoms with Crippen molar-refractivity contribution in [3.63, 3.8) is 0 Å². The van der Waals surface area contributed by atoms with Crippen molar-refractivity contribution >= 4 is 0 Å². The number of ether oxygens (including phenoxy) is 2. The summed E-state index contributed by atoms with van der Waals surface area (Å²) in [5.74, 6) is 2.01. The van der Waals surface area contributed by atoms with E-state index in [9.17, 15) is 5.11 Å². The van der Waals surface area contributed by atoms with Crippen LogP contribution in [0.4, 0.5) is 0 Å². The van der Waals surface area contributed by atoms with Crippen LogP contribution in [0.25, 0.3) is 0 Å². The molecule has 1 N–H and O–H groups in total. The van der Waals surface area contributed by atoms with Gasteiger partial charge in [-0.05, 0) is 36.3 Å². The van der Waals surface area contributed by atoms with Gasteiger partial charge in [-0.2, -0.15) is 5.21 Å². The minimum Gasteiger partial charge on any atom is -0.504 e. The van der Waals surface area contributed by atoms with E-state index < -0.39 is 0 Å². The number of rotatable bonds is 10.